The Morgan fingerprint density at radius 3 is 2.65 bits per heavy atom. The third-order valence-corrected chi connectivity index (χ3v) is 6.12. The molecule has 0 atom stereocenters. The lowest BCUT2D eigenvalue weighted by Gasteiger charge is -2.36. The number of imidazole rings is 1. The second-order valence-corrected chi connectivity index (χ2v) is 7.80. The summed E-state index contributed by atoms with van der Waals surface area (Å²) in [4.78, 5) is 23.3. The fourth-order valence-electron chi connectivity index (χ4n) is 4.14. The van der Waals surface area contributed by atoms with E-state index < -0.39 is 0 Å². The molecule has 1 aliphatic heterocycles. The molecule has 2 aromatic heterocycles. The Morgan fingerprint density at radius 1 is 1.19 bits per heavy atom. The van der Waals surface area contributed by atoms with Crippen LogP contribution in [0.15, 0.2) is 30.7 Å². The van der Waals surface area contributed by atoms with Crippen LogP contribution in [0.5, 0.6) is 0 Å². The summed E-state index contributed by atoms with van der Waals surface area (Å²) in [5, 5.41) is 0. The molecule has 0 aromatic carbocycles. The molecule has 1 saturated carbocycles. The third-order valence-electron chi connectivity index (χ3n) is 6.12. The van der Waals surface area contributed by atoms with E-state index in [4.69, 9.17) is 0 Å². The number of rotatable bonds is 5. The van der Waals surface area contributed by atoms with Crippen molar-refractivity contribution in [1.82, 2.24) is 19.4 Å². The number of likely N-dealkylation sites (tertiary alicyclic amines) is 1. The molecule has 3 heterocycles. The van der Waals surface area contributed by atoms with Gasteiger partial charge in [-0.2, -0.15) is 0 Å². The van der Waals surface area contributed by atoms with Gasteiger partial charge >= 0.3 is 0 Å². The van der Waals surface area contributed by atoms with Crippen molar-refractivity contribution in [1.29, 1.82) is 0 Å². The van der Waals surface area contributed by atoms with Crippen molar-refractivity contribution in [3.63, 3.8) is 0 Å². The largest absolute Gasteiger partial charge is 0.342 e. The molecule has 1 saturated heterocycles. The summed E-state index contributed by atoms with van der Waals surface area (Å²) in [5.74, 6) is 2.46. The van der Waals surface area contributed by atoms with Gasteiger partial charge in [0.15, 0.2) is 0 Å². The van der Waals surface area contributed by atoms with Gasteiger partial charge in [0.05, 0.1) is 0 Å². The third kappa shape index (κ3) is 3.53. The van der Waals surface area contributed by atoms with Crippen molar-refractivity contribution in [2.24, 2.45) is 11.8 Å². The second-order valence-electron chi connectivity index (χ2n) is 7.80. The first-order chi connectivity index (χ1) is 12.7. The predicted molar refractivity (Wildman–Crippen MR) is 101 cm³/mol. The van der Waals surface area contributed by atoms with Crippen molar-refractivity contribution in [2.45, 2.75) is 52.0 Å². The highest BCUT2D eigenvalue weighted by Gasteiger charge is 2.31. The first-order valence-electron chi connectivity index (χ1n) is 9.93. The number of carbonyl (C=O) groups excluding carboxylic acids is 1. The quantitative estimate of drug-likeness (QED) is 0.825. The predicted octanol–water partition coefficient (Wildman–Crippen LogP) is 3.68. The van der Waals surface area contributed by atoms with E-state index in [1.165, 1.54) is 12.1 Å². The van der Waals surface area contributed by atoms with Crippen LogP contribution in [-0.4, -0.2) is 38.4 Å². The van der Waals surface area contributed by atoms with Gasteiger partial charge in [-0.25, -0.2) is 4.98 Å². The molecule has 138 valence electrons. The maximum atomic E-state index is 12.4. The first kappa shape index (κ1) is 17.3. The van der Waals surface area contributed by atoms with Crippen LogP contribution in [0.3, 0.4) is 0 Å². The number of carbonyl (C=O) groups is 1. The van der Waals surface area contributed by atoms with Gasteiger partial charge in [-0.1, -0.05) is 6.42 Å². The van der Waals surface area contributed by atoms with E-state index in [-0.39, 0.29) is 0 Å². The number of hydrogen-bond acceptors (Lipinski definition) is 3. The lowest BCUT2D eigenvalue weighted by molar-refractivity contribution is -0.139. The molecular weight excluding hydrogens is 324 g/mol. The summed E-state index contributed by atoms with van der Waals surface area (Å²) < 4.78 is 2.31. The molecule has 1 amide bonds. The highest BCUT2D eigenvalue weighted by Crippen LogP contribution is 2.31. The zero-order chi connectivity index (χ0) is 17.9. The number of aryl methyl sites for hydroxylation is 1. The maximum Gasteiger partial charge on any atom is 0.225 e. The van der Waals surface area contributed by atoms with Crippen LogP contribution in [0.2, 0.25) is 0 Å². The molecule has 2 fully saturated rings. The number of nitrogens with zero attached hydrogens (tertiary/aromatic N) is 4. The SMILES string of the molecule is Cc1cnc(-c2cccnc2)n1CCC1CCN(C(=O)C2CCC2)CC1. The molecule has 26 heavy (non-hydrogen) atoms. The highest BCUT2D eigenvalue weighted by molar-refractivity contribution is 5.79. The van der Waals surface area contributed by atoms with Crippen LogP contribution in [-0.2, 0) is 11.3 Å². The van der Waals surface area contributed by atoms with Crippen LogP contribution in [0.25, 0.3) is 11.4 Å². The van der Waals surface area contributed by atoms with E-state index in [0.29, 0.717) is 17.7 Å². The minimum absolute atomic E-state index is 0.335. The van der Waals surface area contributed by atoms with Crippen LogP contribution < -0.4 is 0 Å². The minimum Gasteiger partial charge on any atom is -0.342 e. The number of amides is 1. The van der Waals surface area contributed by atoms with Crippen molar-refractivity contribution < 1.29 is 4.79 Å². The van der Waals surface area contributed by atoms with Crippen LogP contribution in [0.1, 0.15) is 44.2 Å². The van der Waals surface area contributed by atoms with Crippen LogP contribution in [0, 0.1) is 18.8 Å². The molecule has 0 spiro atoms. The van der Waals surface area contributed by atoms with Crippen LogP contribution >= 0.6 is 0 Å². The van der Waals surface area contributed by atoms with E-state index in [0.717, 1.165) is 63.1 Å². The summed E-state index contributed by atoms with van der Waals surface area (Å²) >= 11 is 0. The van der Waals surface area contributed by atoms with Gasteiger partial charge in [-0.15, -0.1) is 0 Å². The average molecular weight is 352 g/mol. The van der Waals surface area contributed by atoms with Crippen molar-refractivity contribution >= 4 is 5.91 Å². The molecule has 0 bridgehead atoms. The lowest BCUT2D eigenvalue weighted by atomic mass is 9.83. The van der Waals surface area contributed by atoms with E-state index in [9.17, 15) is 4.79 Å². The summed E-state index contributed by atoms with van der Waals surface area (Å²) in [6.07, 6.45) is 12.5. The van der Waals surface area contributed by atoms with Gasteiger partial charge in [0.1, 0.15) is 5.82 Å². The average Bonchev–Trinajstić information content (AvgIpc) is 3.00. The van der Waals surface area contributed by atoms with Crippen LogP contribution in [0.4, 0.5) is 0 Å². The fourth-order valence-corrected chi connectivity index (χ4v) is 4.14. The Bertz CT molecular complexity index is 743. The van der Waals surface area contributed by atoms with E-state index in [2.05, 4.69) is 32.4 Å². The summed E-state index contributed by atoms with van der Waals surface area (Å²) in [6, 6.07) is 4.02. The Kier molecular flexibility index (Phi) is 5.05. The zero-order valence-corrected chi connectivity index (χ0v) is 15.6. The number of piperidine rings is 1. The molecule has 4 rings (SSSR count). The molecule has 2 aliphatic rings. The Balaban J connectivity index is 1.33. The zero-order valence-electron chi connectivity index (χ0n) is 15.6. The van der Waals surface area contributed by atoms with E-state index >= 15 is 0 Å². The molecule has 0 unspecified atom stereocenters. The monoisotopic (exact) mass is 352 g/mol. The standard InChI is InChI=1S/C21H28N4O/c1-16-14-23-20(19-6-3-10-22-15-19)25(16)13-9-17-7-11-24(12-8-17)21(26)18-4-2-5-18/h3,6,10,14-15,17-18H,2,4-5,7-9,11-13H2,1H3. The van der Waals surface area contributed by atoms with Gasteiger partial charge in [0, 0.05) is 55.4 Å². The molecule has 5 nitrogen and oxygen atoms in total. The normalized spacial score (nSPS) is 18.7. The first-order valence-corrected chi connectivity index (χ1v) is 9.93. The number of hydrogen-bond donors (Lipinski definition) is 0. The van der Waals surface area contributed by atoms with E-state index in [1.807, 2.05) is 18.5 Å². The van der Waals surface area contributed by atoms with Gasteiger partial charge in [0.25, 0.3) is 0 Å². The smallest absolute Gasteiger partial charge is 0.225 e. The van der Waals surface area contributed by atoms with Crippen molar-refractivity contribution in [2.75, 3.05) is 13.1 Å². The minimum atomic E-state index is 0.335. The lowest BCUT2D eigenvalue weighted by Crippen LogP contribution is -2.43. The second kappa shape index (κ2) is 7.60. The Morgan fingerprint density at radius 2 is 2.00 bits per heavy atom. The molecule has 0 radical (unpaired) electrons. The summed E-state index contributed by atoms with van der Waals surface area (Å²) in [6.45, 7) is 4.99. The van der Waals surface area contributed by atoms with Gasteiger partial charge < -0.3 is 9.47 Å². The number of pyridine rings is 1. The topological polar surface area (TPSA) is 51.0 Å². The van der Waals surface area contributed by atoms with Gasteiger partial charge in [-0.3, -0.25) is 9.78 Å². The summed E-state index contributed by atoms with van der Waals surface area (Å²) in [7, 11) is 0. The fraction of sp³-hybridized carbons (Fsp3) is 0.571. The molecular formula is C21H28N4O. The Labute approximate surface area is 155 Å². The number of aromatic nitrogens is 3. The Hall–Kier alpha value is -2.17. The summed E-state index contributed by atoms with van der Waals surface area (Å²) in [5.41, 5.74) is 2.27. The van der Waals surface area contributed by atoms with Gasteiger partial charge in [-0.05, 0) is 57.1 Å². The molecule has 2 aromatic rings. The molecule has 1 aliphatic carbocycles. The molecule has 0 N–H and O–H groups in total. The van der Waals surface area contributed by atoms with Gasteiger partial charge in [0.2, 0.25) is 5.91 Å². The van der Waals surface area contributed by atoms with Crippen molar-refractivity contribution in [3.8, 4) is 11.4 Å². The highest BCUT2D eigenvalue weighted by atomic mass is 16.2. The maximum absolute atomic E-state index is 12.4. The molecule has 5 heteroatoms. The van der Waals surface area contributed by atoms with E-state index in [1.54, 1.807) is 6.20 Å². The van der Waals surface area contributed by atoms with Crippen molar-refractivity contribution in [3.05, 3.63) is 36.4 Å².